The highest BCUT2D eigenvalue weighted by Crippen LogP contribution is 2.64. The van der Waals surface area contributed by atoms with Crippen LogP contribution in [-0.2, 0) is 0 Å². The third kappa shape index (κ3) is 1.74. The average molecular weight is 184 g/mol. The van der Waals surface area contributed by atoms with E-state index in [2.05, 4.69) is 40.9 Å². The summed E-state index contributed by atoms with van der Waals surface area (Å²) in [6.45, 7) is 16.2. The van der Waals surface area contributed by atoms with Crippen molar-refractivity contribution in [1.82, 2.24) is 0 Å². The molecule has 0 aromatic heterocycles. The van der Waals surface area contributed by atoms with Gasteiger partial charge in [0.25, 0.3) is 0 Å². The lowest BCUT2D eigenvalue weighted by Gasteiger charge is -2.49. The molecule has 1 heteroatoms. The highest BCUT2D eigenvalue weighted by Gasteiger charge is 2.41. The molecule has 0 aliphatic carbocycles. The van der Waals surface area contributed by atoms with Gasteiger partial charge in [-0.3, -0.25) is 0 Å². The Bertz CT molecular complexity index is 181. The zero-order valence-corrected chi connectivity index (χ0v) is 9.96. The summed E-state index contributed by atoms with van der Waals surface area (Å²) < 4.78 is 0. The number of hydrogen-bond acceptors (Lipinski definition) is 0. The number of allylic oxidation sites excluding steroid dienone is 1. The second-order valence-corrected chi connectivity index (χ2v) is 8.83. The zero-order chi connectivity index (χ0) is 9.57. The molecule has 1 rings (SSSR count). The van der Waals surface area contributed by atoms with Gasteiger partial charge in [0.2, 0.25) is 0 Å². The van der Waals surface area contributed by atoms with Gasteiger partial charge in [-0.05, 0) is 29.8 Å². The predicted molar refractivity (Wildman–Crippen MR) is 59.4 cm³/mol. The molecule has 0 aromatic rings. The van der Waals surface area contributed by atoms with Crippen molar-refractivity contribution >= 4 is 7.92 Å². The SMILES string of the molecule is C=C1CC(C)(C)P(C)C(C)(C)C1. The van der Waals surface area contributed by atoms with E-state index in [9.17, 15) is 0 Å². The molecule has 0 bridgehead atoms. The molecule has 0 aromatic carbocycles. The maximum absolute atomic E-state index is 4.15. The van der Waals surface area contributed by atoms with E-state index in [4.69, 9.17) is 0 Å². The topological polar surface area (TPSA) is 0 Å². The first-order valence-corrected chi connectivity index (χ1v) is 6.45. The summed E-state index contributed by atoms with van der Waals surface area (Å²) in [6.07, 6.45) is 2.47. The molecule has 0 spiro atoms. The molecule has 0 amide bonds. The molecule has 12 heavy (non-hydrogen) atoms. The van der Waals surface area contributed by atoms with Crippen LogP contribution in [0.4, 0.5) is 0 Å². The Kier molecular flexibility index (Phi) is 2.43. The van der Waals surface area contributed by atoms with E-state index >= 15 is 0 Å². The molecule has 1 saturated heterocycles. The second-order valence-electron chi connectivity index (χ2n) is 5.29. The van der Waals surface area contributed by atoms with Crippen LogP contribution in [0.15, 0.2) is 12.2 Å². The Morgan fingerprint density at radius 1 is 1.08 bits per heavy atom. The van der Waals surface area contributed by atoms with E-state index < -0.39 is 0 Å². The molecule has 70 valence electrons. The maximum atomic E-state index is 4.15. The summed E-state index contributed by atoms with van der Waals surface area (Å²) in [6, 6.07) is 0. The lowest BCUT2D eigenvalue weighted by molar-refractivity contribution is 0.556. The van der Waals surface area contributed by atoms with Crippen molar-refractivity contribution in [1.29, 1.82) is 0 Å². The van der Waals surface area contributed by atoms with Gasteiger partial charge in [0.05, 0.1) is 0 Å². The Hall–Kier alpha value is 0.170. The third-order valence-electron chi connectivity index (χ3n) is 3.18. The van der Waals surface area contributed by atoms with Crippen molar-refractivity contribution in [2.45, 2.75) is 50.8 Å². The van der Waals surface area contributed by atoms with Gasteiger partial charge < -0.3 is 0 Å². The maximum Gasteiger partial charge on any atom is -0.0112 e. The van der Waals surface area contributed by atoms with Crippen molar-refractivity contribution in [2.24, 2.45) is 0 Å². The van der Waals surface area contributed by atoms with E-state index in [1.165, 1.54) is 18.4 Å². The lowest BCUT2D eigenvalue weighted by atomic mass is 9.94. The fraction of sp³-hybridized carbons (Fsp3) is 0.818. The van der Waals surface area contributed by atoms with Crippen LogP contribution in [0.1, 0.15) is 40.5 Å². The van der Waals surface area contributed by atoms with Crippen LogP contribution in [0.25, 0.3) is 0 Å². The second kappa shape index (κ2) is 2.84. The van der Waals surface area contributed by atoms with Crippen molar-refractivity contribution < 1.29 is 0 Å². The van der Waals surface area contributed by atoms with Gasteiger partial charge in [-0.1, -0.05) is 47.8 Å². The molecule has 1 heterocycles. The highest BCUT2D eigenvalue weighted by molar-refractivity contribution is 7.60. The Labute approximate surface area is 78.2 Å². The normalized spacial score (nSPS) is 28.9. The van der Waals surface area contributed by atoms with Gasteiger partial charge in [0, 0.05) is 0 Å². The quantitative estimate of drug-likeness (QED) is 0.394. The van der Waals surface area contributed by atoms with Gasteiger partial charge in [0.15, 0.2) is 0 Å². The van der Waals surface area contributed by atoms with Gasteiger partial charge in [-0.2, -0.15) is 0 Å². The molecular formula is C11H21P. The lowest BCUT2D eigenvalue weighted by Crippen LogP contribution is -2.35. The molecule has 1 aliphatic heterocycles. The van der Waals surface area contributed by atoms with E-state index in [0.29, 0.717) is 10.3 Å². The van der Waals surface area contributed by atoms with Gasteiger partial charge in [0.1, 0.15) is 0 Å². The van der Waals surface area contributed by atoms with Crippen LogP contribution < -0.4 is 0 Å². The molecule has 1 aliphatic rings. The number of rotatable bonds is 0. The molecule has 0 unspecified atom stereocenters. The average Bonchev–Trinajstić information content (AvgIpc) is 1.80. The molecule has 0 radical (unpaired) electrons. The third-order valence-corrected chi connectivity index (χ3v) is 7.13. The molecule has 0 saturated carbocycles. The van der Waals surface area contributed by atoms with Crippen molar-refractivity contribution in [2.75, 3.05) is 6.66 Å². The van der Waals surface area contributed by atoms with Crippen molar-refractivity contribution in [3.8, 4) is 0 Å². The standard InChI is InChI=1S/C11H21P/c1-9-7-10(2,3)12(6)11(4,5)8-9/h1,7-8H2,2-6H3. The van der Waals surface area contributed by atoms with Crippen LogP contribution in [0.5, 0.6) is 0 Å². The van der Waals surface area contributed by atoms with E-state index in [0.717, 1.165) is 0 Å². The first-order chi connectivity index (χ1) is 5.26. The Morgan fingerprint density at radius 3 is 1.75 bits per heavy atom. The van der Waals surface area contributed by atoms with Crippen LogP contribution in [0.2, 0.25) is 0 Å². The molecule has 1 fully saturated rings. The summed E-state index contributed by atoms with van der Waals surface area (Å²) in [7, 11) is 0.134. The first kappa shape index (κ1) is 10.3. The first-order valence-electron chi connectivity index (χ1n) is 4.66. The van der Waals surface area contributed by atoms with Gasteiger partial charge >= 0.3 is 0 Å². The van der Waals surface area contributed by atoms with Crippen LogP contribution in [0.3, 0.4) is 0 Å². The largest absolute Gasteiger partial charge is 0.0998 e. The van der Waals surface area contributed by atoms with E-state index in [1.54, 1.807) is 0 Å². The monoisotopic (exact) mass is 184 g/mol. The Balaban J connectivity index is 2.91. The summed E-state index contributed by atoms with van der Waals surface area (Å²) in [5, 5.41) is 1.02. The molecule has 0 atom stereocenters. The van der Waals surface area contributed by atoms with Crippen molar-refractivity contribution in [3.05, 3.63) is 12.2 Å². The minimum atomic E-state index is 0.134. The fourth-order valence-electron chi connectivity index (χ4n) is 2.34. The van der Waals surface area contributed by atoms with Crippen LogP contribution >= 0.6 is 7.92 Å². The van der Waals surface area contributed by atoms with Gasteiger partial charge in [-0.25, -0.2) is 0 Å². The van der Waals surface area contributed by atoms with Crippen LogP contribution in [0, 0.1) is 0 Å². The molecule has 0 N–H and O–H groups in total. The van der Waals surface area contributed by atoms with E-state index in [1.807, 2.05) is 0 Å². The summed E-state index contributed by atoms with van der Waals surface area (Å²) in [4.78, 5) is 0. The summed E-state index contributed by atoms with van der Waals surface area (Å²) in [5.41, 5.74) is 1.45. The predicted octanol–water partition coefficient (Wildman–Crippen LogP) is 4.01. The highest BCUT2D eigenvalue weighted by atomic mass is 31.1. The van der Waals surface area contributed by atoms with Crippen molar-refractivity contribution in [3.63, 3.8) is 0 Å². The Morgan fingerprint density at radius 2 is 1.42 bits per heavy atom. The molecule has 0 nitrogen and oxygen atoms in total. The smallest absolute Gasteiger partial charge is 0.0112 e. The fourth-order valence-corrected chi connectivity index (χ4v) is 4.90. The minimum absolute atomic E-state index is 0.134. The zero-order valence-electron chi connectivity index (χ0n) is 9.07. The van der Waals surface area contributed by atoms with Crippen LogP contribution in [-0.4, -0.2) is 17.0 Å². The summed E-state index contributed by atoms with van der Waals surface area (Å²) in [5.74, 6) is 0. The minimum Gasteiger partial charge on any atom is -0.0998 e. The summed E-state index contributed by atoms with van der Waals surface area (Å²) >= 11 is 0. The number of hydrogen-bond donors (Lipinski definition) is 0. The van der Waals surface area contributed by atoms with Gasteiger partial charge in [-0.15, -0.1) is 0 Å². The molecular weight excluding hydrogens is 163 g/mol. The van der Waals surface area contributed by atoms with E-state index in [-0.39, 0.29) is 7.92 Å².